The van der Waals surface area contributed by atoms with Gasteiger partial charge in [-0.1, -0.05) is 26.2 Å². The van der Waals surface area contributed by atoms with Gasteiger partial charge in [0.05, 0.1) is 0 Å². The van der Waals surface area contributed by atoms with Crippen molar-refractivity contribution < 1.29 is 5.11 Å². The molecule has 2 fully saturated rings. The van der Waals surface area contributed by atoms with Gasteiger partial charge in [0.25, 0.3) is 0 Å². The predicted molar refractivity (Wildman–Crippen MR) is 72.1 cm³/mol. The van der Waals surface area contributed by atoms with Crippen LogP contribution in [0.1, 0.15) is 58.3 Å². The fraction of sp³-hybridized carbons (Fsp3) is 1.00. The summed E-state index contributed by atoms with van der Waals surface area (Å²) >= 11 is 0. The molecule has 2 aliphatic rings. The first-order valence-electron chi connectivity index (χ1n) is 7.61. The normalized spacial score (nSPS) is 24.2. The van der Waals surface area contributed by atoms with E-state index in [1.807, 2.05) is 0 Å². The molecule has 0 spiro atoms. The molecule has 0 saturated heterocycles. The van der Waals surface area contributed by atoms with Crippen molar-refractivity contribution >= 4 is 0 Å². The van der Waals surface area contributed by atoms with E-state index in [1.165, 1.54) is 64.5 Å². The lowest BCUT2D eigenvalue weighted by Gasteiger charge is -2.40. The molecule has 100 valence electrons. The third-order valence-corrected chi connectivity index (χ3v) is 4.56. The van der Waals surface area contributed by atoms with Crippen molar-refractivity contribution in [3.05, 3.63) is 0 Å². The number of aliphatic hydroxyl groups excluding tert-OH is 1. The van der Waals surface area contributed by atoms with Crippen LogP contribution in [0, 0.1) is 11.3 Å². The lowest BCUT2D eigenvalue weighted by Crippen LogP contribution is -2.42. The quantitative estimate of drug-likeness (QED) is 0.738. The second-order valence-electron chi connectivity index (χ2n) is 6.40. The summed E-state index contributed by atoms with van der Waals surface area (Å²) < 4.78 is 0. The Kier molecular flexibility index (Phi) is 4.87. The van der Waals surface area contributed by atoms with Crippen LogP contribution in [-0.4, -0.2) is 36.2 Å². The fourth-order valence-corrected chi connectivity index (χ4v) is 3.36. The predicted octanol–water partition coefficient (Wildman–Crippen LogP) is 3.05. The minimum Gasteiger partial charge on any atom is -0.396 e. The molecule has 0 aromatic carbocycles. The molecular weight excluding hydrogens is 210 g/mol. The lowest BCUT2D eigenvalue weighted by molar-refractivity contribution is 0.0388. The molecule has 0 atom stereocenters. The molecule has 2 nitrogen and oxygen atoms in total. The van der Waals surface area contributed by atoms with Gasteiger partial charge in [0, 0.05) is 25.1 Å². The number of hydrogen-bond acceptors (Lipinski definition) is 2. The fourth-order valence-electron chi connectivity index (χ4n) is 3.36. The Morgan fingerprint density at radius 1 is 1.18 bits per heavy atom. The van der Waals surface area contributed by atoms with Crippen molar-refractivity contribution in [3.8, 4) is 0 Å². The summed E-state index contributed by atoms with van der Waals surface area (Å²) in [6.07, 6.45) is 10.6. The summed E-state index contributed by atoms with van der Waals surface area (Å²) in [4.78, 5) is 2.64. The highest BCUT2D eigenvalue weighted by atomic mass is 16.3. The van der Waals surface area contributed by atoms with E-state index in [4.69, 9.17) is 0 Å². The molecule has 0 amide bonds. The summed E-state index contributed by atoms with van der Waals surface area (Å²) in [5.74, 6) is 0.973. The zero-order valence-electron chi connectivity index (χ0n) is 11.5. The third kappa shape index (κ3) is 3.96. The average molecular weight is 239 g/mol. The first-order valence-corrected chi connectivity index (χ1v) is 7.61. The van der Waals surface area contributed by atoms with Gasteiger partial charge < -0.3 is 10.0 Å². The summed E-state index contributed by atoms with van der Waals surface area (Å²) in [5, 5.41) is 9.78. The molecule has 0 radical (unpaired) electrons. The summed E-state index contributed by atoms with van der Waals surface area (Å²) in [7, 11) is 0. The number of hydrogen-bond donors (Lipinski definition) is 1. The van der Waals surface area contributed by atoms with Crippen LogP contribution in [0.2, 0.25) is 0 Å². The van der Waals surface area contributed by atoms with Gasteiger partial charge >= 0.3 is 0 Å². The SMILES string of the molecule is CCCN(CC1CC1)CC1(CO)CCCCC1. The number of aliphatic hydroxyl groups is 1. The standard InChI is InChI=1S/C15H29NO/c1-2-10-16(11-14-6-7-14)12-15(13-17)8-4-3-5-9-15/h14,17H,2-13H2,1H3. The van der Waals surface area contributed by atoms with Crippen LogP contribution in [0.25, 0.3) is 0 Å². The highest BCUT2D eigenvalue weighted by molar-refractivity contribution is 4.87. The molecular formula is C15H29NO. The Bertz CT molecular complexity index is 219. The second-order valence-corrected chi connectivity index (χ2v) is 6.40. The van der Waals surface area contributed by atoms with E-state index in [2.05, 4.69) is 11.8 Å². The molecule has 0 aromatic rings. The molecule has 2 saturated carbocycles. The zero-order valence-corrected chi connectivity index (χ0v) is 11.5. The number of nitrogens with zero attached hydrogens (tertiary/aromatic N) is 1. The van der Waals surface area contributed by atoms with Crippen molar-refractivity contribution in [2.24, 2.45) is 11.3 Å². The van der Waals surface area contributed by atoms with Crippen molar-refractivity contribution in [2.75, 3.05) is 26.2 Å². The van der Waals surface area contributed by atoms with Gasteiger partial charge in [-0.05, 0) is 44.6 Å². The van der Waals surface area contributed by atoms with Crippen LogP contribution in [0.15, 0.2) is 0 Å². The van der Waals surface area contributed by atoms with Crippen LogP contribution in [0.3, 0.4) is 0 Å². The lowest BCUT2D eigenvalue weighted by atomic mass is 9.74. The van der Waals surface area contributed by atoms with E-state index in [1.54, 1.807) is 0 Å². The van der Waals surface area contributed by atoms with Gasteiger partial charge in [-0.15, -0.1) is 0 Å². The summed E-state index contributed by atoms with van der Waals surface area (Å²) in [6, 6.07) is 0. The molecule has 2 heteroatoms. The first-order chi connectivity index (χ1) is 8.28. The van der Waals surface area contributed by atoms with E-state index in [-0.39, 0.29) is 5.41 Å². The highest BCUT2D eigenvalue weighted by Crippen LogP contribution is 2.38. The zero-order chi connectivity index (χ0) is 12.1. The molecule has 1 N–H and O–H groups in total. The molecule has 0 heterocycles. The van der Waals surface area contributed by atoms with E-state index in [0.29, 0.717) is 6.61 Å². The van der Waals surface area contributed by atoms with E-state index in [0.717, 1.165) is 12.5 Å². The molecule has 2 rings (SSSR count). The number of rotatable bonds is 7. The van der Waals surface area contributed by atoms with Gasteiger partial charge in [-0.25, -0.2) is 0 Å². The van der Waals surface area contributed by atoms with Gasteiger partial charge in [-0.2, -0.15) is 0 Å². The Morgan fingerprint density at radius 2 is 1.88 bits per heavy atom. The minimum atomic E-state index is 0.238. The molecule has 17 heavy (non-hydrogen) atoms. The molecule has 0 aliphatic heterocycles. The van der Waals surface area contributed by atoms with Gasteiger partial charge in [0.2, 0.25) is 0 Å². The maximum Gasteiger partial charge on any atom is 0.0499 e. The van der Waals surface area contributed by atoms with Crippen LogP contribution < -0.4 is 0 Å². The van der Waals surface area contributed by atoms with Crippen molar-refractivity contribution in [3.63, 3.8) is 0 Å². The topological polar surface area (TPSA) is 23.5 Å². The van der Waals surface area contributed by atoms with Crippen LogP contribution in [-0.2, 0) is 0 Å². The molecule has 0 unspecified atom stereocenters. The Hall–Kier alpha value is -0.0800. The maximum atomic E-state index is 9.78. The van der Waals surface area contributed by atoms with Gasteiger partial charge in [0.1, 0.15) is 0 Å². The van der Waals surface area contributed by atoms with Crippen molar-refractivity contribution in [1.29, 1.82) is 0 Å². The summed E-state index contributed by atoms with van der Waals surface area (Å²) in [6.45, 7) is 6.33. The third-order valence-electron chi connectivity index (χ3n) is 4.56. The van der Waals surface area contributed by atoms with Gasteiger partial charge in [-0.3, -0.25) is 0 Å². The monoisotopic (exact) mass is 239 g/mol. The molecule has 2 aliphatic carbocycles. The Labute approximate surface area is 106 Å². The minimum absolute atomic E-state index is 0.238. The van der Waals surface area contributed by atoms with E-state index >= 15 is 0 Å². The van der Waals surface area contributed by atoms with E-state index < -0.39 is 0 Å². The molecule has 0 bridgehead atoms. The Morgan fingerprint density at radius 3 is 2.41 bits per heavy atom. The highest BCUT2D eigenvalue weighted by Gasteiger charge is 2.34. The first kappa shape index (κ1) is 13.4. The van der Waals surface area contributed by atoms with E-state index in [9.17, 15) is 5.11 Å². The average Bonchev–Trinajstić information content (AvgIpc) is 3.14. The van der Waals surface area contributed by atoms with Crippen molar-refractivity contribution in [1.82, 2.24) is 4.90 Å². The van der Waals surface area contributed by atoms with Crippen LogP contribution in [0.5, 0.6) is 0 Å². The van der Waals surface area contributed by atoms with Crippen LogP contribution >= 0.6 is 0 Å². The Balaban J connectivity index is 1.87. The van der Waals surface area contributed by atoms with Crippen molar-refractivity contribution in [2.45, 2.75) is 58.3 Å². The molecule has 0 aromatic heterocycles. The smallest absolute Gasteiger partial charge is 0.0499 e. The summed E-state index contributed by atoms with van der Waals surface area (Å²) in [5.41, 5.74) is 0.238. The maximum absolute atomic E-state index is 9.78. The second kappa shape index (κ2) is 6.19. The van der Waals surface area contributed by atoms with Crippen LogP contribution in [0.4, 0.5) is 0 Å². The largest absolute Gasteiger partial charge is 0.396 e. The van der Waals surface area contributed by atoms with Gasteiger partial charge in [0.15, 0.2) is 0 Å².